The highest BCUT2D eigenvalue weighted by atomic mass is 16.4. The van der Waals surface area contributed by atoms with Crippen molar-refractivity contribution in [1.29, 1.82) is 0 Å². The number of oxazole rings is 1. The Morgan fingerprint density at radius 1 is 1.40 bits per heavy atom. The lowest BCUT2D eigenvalue weighted by molar-refractivity contribution is -0.122. The second-order valence-corrected chi connectivity index (χ2v) is 6.49. The molecule has 0 radical (unpaired) electrons. The molecule has 3 aromatic rings. The number of hydrogen-bond acceptors (Lipinski definition) is 4. The largest absolute Gasteiger partial charge is 0.419 e. The number of fused-ring (bicyclic) bond motifs is 2. The van der Waals surface area contributed by atoms with E-state index in [2.05, 4.69) is 14.9 Å². The molecule has 2 aromatic heterocycles. The molecule has 1 amide bonds. The van der Waals surface area contributed by atoms with Gasteiger partial charge in [0.15, 0.2) is 5.58 Å². The number of benzene rings is 1. The molecule has 0 spiro atoms. The first-order chi connectivity index (χ1) is 12.1. The molecule has 3 heterocycles. The maximum absolute atomic E-state index is 12.3. The van der Waals surface area contributed by atoms with E-state index in [1.807, 2.05) is 31.3 Å². The first kappa shape index (κ1) is 15.7. The van der Waals surface area contributed by atoms with Crippen molar-refractivity contribution < 1.29 is 9.21 Å². The SMILES string of the molecule is Cc1cn2c(n1)CCC(NC(=O)CCn1c(=O)oc3ccccc31)C2. The molecule has 0 aliphatic carbocycles. The number of carbonyl (C=O) groups is 1. The van der Waals surface area contributed by atoms with Gasteiger partial charge in [0, 0.05) is 38.2 Å². The van der Waals surface area contributed by atoms with Crippen molar-refractivity contribution in [3.8, 4) is 0 Å². The minimum Gasteiger partial charge on any atom is -0.408 e. The summed E-state index contributed by atoms with van der Waals surface area (Å²) in [6.45, 7) is 3.03. The molecule has 130 valence electrons. The zero-order valence-electron chi connectivity index (χ0n) is 14.1. The Morgan fingerprint density at radius 2 is 2.24 bits per heavy atom. The maximum Gasteiger partial charge on any atom is 0.419 e. The van der Waals surface area contributed by atoms with Crippen LogP contribution >= 0.6 is 0 Å². The molecule has 0 saturated carbocycles. The number of aryl methyl sites for hydroxylation is 3. The zero-order valence-corrected chi connectivity index (χ0v) is 14.1. The summed E-state index contributed by atoms with van der Waals surface area (Å²) in [6, 6.07) is 7.34. The van der Waals surface area contributed by atoms with E-state index in [-0.39, 0.29) is 18.4 Å². The predicted octanol–water partition coefficient (Wildman–Crippen LogP) is 1.62. The van der Waals surface area contributed by atoms with E-state index < -0.39 is 5.76 Å². The van der Waals surface area contributed by atoms with Gasteiger partial charge in [-0.3, -0.25) is 9.36 Å². The lowest BCUT2D eigenvalue weighted by atomic mass is 10.1. The fourth-order valence-electron chi connectivity index (χ4n) is 3.44. The third kappa shape index (κ3) is 3.09. The molecule has 7 nitrogen and oxygen atoms in total. The number of carbonyl (C=O) groups excluding carboxylic acids is 1. The molecule has 1 unspecified atom stereocenters. The van der Waals surface area contributed by atoms with Crippen molar-refractivity contribution >= 4 is 17.0 Å². The topological polar surface area (TPSA) is 82.1 Å². The normalized spacial score (nSPS) is 16.8. The molecule has 1 atom stereocenters. The minimum absolute atomic E-state index is 0.0533. The summed E-state index contributed by atoms with van der Waals surface area (Å²) in [4.78, 5) is 28.7. The predicted molar refractivity (Wildman–Crippen MR) is 92.3 cm³/mol. The molecule has 1 aliphatic heterocycles. The maximum atomic E-state index is 12.3. The van der Waals surface area contributed by atoms with E-state index >= 15 is 0 Å². The van der Waals surface area contributed by atoms with Crippen molar-refractivity contribution in [1.82, 2.24) is 19.4 Å². The fourth-order valence-corrected chi connectivity index (χ4v) is 3.44. The molecule has 1 aromatic carbocycles. The van der Waals surface area contributed by atoms with Gasteiger partial charge in [0.25, 0.3) is 0 Å². The van der Waals surface area contributed by atoms with E-state index in [9.17, 15) is 9.59 Å². The van der Waals surface area contributed by atoms with Crippen LogP contribution in [0.5, 0.6) is 0 Å². The summed E-state index contributed by atoms with van der Waals surface area (Å²) in [5.41, 5.74) is 2.27. The average Bonchev–Trinajstić information content (AvgIpc) is 3.10. The third-order valence-corrected chi connectivity index (χ3v) is 4.61. The first-order valence-corrected chi connectivity index (χ1v) is 8.50. The summed E-state index contributed by atoms with van der Waals surface area (Å²) in [7, 11) is 0. The van der Waals surface area contributed by atoms with Gasteiger partial charge < -0.3 is 14.3 Å². The Kier molecular flexibility index (Phi) is 3.91. The van der Waals surface area contributed by atoms with Crippen LogP contribution in [0.1, 0.15) is 24.4 Å². The number of imidazole rings is 1. The van der Waals surface area contributed by atoms with Crippen LogP contribution in [-0.4, -0.2) is 26.1 Å². The molecular weight excluding hydrogens is 320 g/mol. The second kappa shape index (κ2) is 6.23. The van der Waals surface area contributed by atoms with Crippen LogP contribution in [0.25, 0.3) is 11.1 Å². The Labute approximate surface area is 144 Å². The smallest absolute Gasteiger partial charge is 0.408 e. The van der Waals surface area contributed by atoms with E-state index in [1.165, 1.54) is 4.57 Å². The number of para-hydroxylation sites is 2. The Bertz CT molecular complexity index is 982. The van der Waals surface area contributed by atoms with E-state index in [0.29, 0.717) is 12.1 Å². The summed E-state index contributed by atoms with van der Waals surface area (Å²) in [5.74, 6) is 0.604. The lowest BCUT2D eigenvalue weighted by Crippen LogP contribution is -2.41. The number of rotatable bonds is 4. The highest BCUT2D eigenvalue weighted by Crippen LogP contribution is 2.15. The third-order valence-electron chi connectivity index (χ3n) is 4.61. The Hall–Kier alpha value is -2.83. The van der Waals surface area contributed by atoms with Crippen molar-refractivity contribution in [2.75, 3.05) is 0 Å². The summed E-state index contributed by atoms with van der Waals surface area (Å²) >= 11 is 0. The molecule has 7 heteroatoms. The van der Waals surface area contributed by atoms with Gasteiger partial charge in [-0.2, -0.15) is 0 Å². The molecule has 4 rings (SSSR count). The van der Waals surface area contributed by atoms with Crippen LogP contribution in [0.2, 0.25) is 0 Å². The molecule has 25 heavy (non-hydrogen) atoms. The van der Waals surface area contributed by atoms with Crippen molar-refractivity contribution in [2.45, 2.75) is 45.3 Å². The van der Waals surface area contributed by atoms with Gasteiger partial charge in [-0.15, -0.1) is 0 Å². The van der Waals surface area contributed by atoms with Crippen molar-refractivity contribution in [2.24, 2.45) is 0 Å². The molecule has 0 bridgehead atoms. The summed E-state index contributed by atoms with van der Waals surface area (Å²) in [5, 5.41) is 3.07. The van der Waals surface area contributed by atoms with Gasteiger partial charge in [0.05, 0.1) is 11.2 Å². The van der Waals surface area contributed by atoms with Crippen LogP contribution in [0, 0.1) is 6.92 Å². The fraction of sp³-hybridized carbons (Fsp3) is 0.389. The standard InChI is InChI=1S/C18H20N4O3/c1-12-10-21-11-13(6-7-16(21)19-12)20-17(23)8-9-22-14-4-2-3-5-15(14)25-18(22)24/h2-5,10,13H,6-9,11H2,1H3,(H,20,23). The summed E-state index contributed by atoms with van der Waals surface area (Å²) in [6.07, 6.45) is 4.02. The van der Waals surface area contributed by atoms with E-state index in [1.54, 1.807) is 6.07 Å². The van der Waals surface area contributed by atoms with E-state index in [0.717, 1.165) is 36.4 Å². The zero-order chi connectivity index (χ0) is 17.4. The molecule has 1 N–H and O–H groups in total. The molecule has 1 aliphatic rings. The van der Waals surface area contributed by atoms with Gasteiger partial charge >= 0.3 is 5.76 Å². The highest BCUT2D eigenvalue weighted by Gasteiger charge is 2.21. The highest BCUT2D eigenvalue weighted by molar-refractivity contribution is 5.77. The molecule has 0 saturated heterocycles. The van der Waals surface area contributed by atoms with Crippen LogP contribution in [0.3, 0.4) is 0 Å². The number of aromatic nitrogens is 3. The average molecular weight is 340 g/mol. The minimum atomic E-state index is -0.426. The molecular formula is C18H20N4O3. The molecule has 0 fully saturated rings. The number of hydrogen-bond donors (Lipinski definition) is 1. The van der Waals surface area contributed by atoms with Crippen LogP contribution in [-0.2, 0) is 24.3 Å². The van der Waals surface area contributed by atoms with Crippen LogP contribution < -0.4 is 11.1 Å². The van der Waals surface area contributed by atoms with Gasteiger partial charge in [-0.1, -0.05) is 12.1 Å². The van der Waals surface area contributed by atoms with Crippen LogP contribution in [0.15, 0.2) is 39.7 Å². The van der Waals surface area contributed by atoms with Gasteiger partial charge in [0.1, 0.15) is 5.82 Å². The van der Waals surface area contributed by atoms with Crippen LogP contribution in [0.4, 0.5) is 0 Å². The van der Waals surface area contributed by atoms with Crippen molar-refractivity contribution in [3.05, 3.63) is 52.5 Å². The van der Waals surface area contributed by atoms with E-state index in [4.69, 9.17) is 4.42 Å². The summed E-state index contributed by atoms with van der Waals surface area (Å²) < 4.78 is 8.80. The first-order valence-electron chi connectivity index (χ1n) is 8.50. The number of nitrogens with zero attached hydrogens (tertiary/aromatic N) is 3. The van der Waals surface area contributed by atoms with Gasteiger partial charge in [0.2, 0.25) is 5.91 Å². The number of nitrogens with one attached hydrogen (secondary N) is 1. The monoisotopic (exact) mass is 340 g/mol. The Balaban J connectivity index is 1.38. The van der Waals surface area contributed by atoms with Gasteiger partial charge in [-0.05, 0) is 25.5 Å². The number of amides is 1. The quantitative estimate of drug-likeness (QED) is 0.782. The van der Waals surface area contributed by atoms with Gasteiger partial charge in [-0.25, -0.2) is 9.78 Å². The van der Waals surface area contributed by atoms with Crippen molar-refractivity contribution in [3.63, 3.8) is 0 Å². The second-order valence-electron chi connectivity index (χ2n) is 6.49. The Morgan fingerprint density at radius 3 is 3.12 bits per heavy atom. The lowest BCUT2D eigenvalue weighted by Gasteiger charge is -2.24.